The molecule has 3 unspecified atom stereocenters. The monoisotopic (exact) mass is 299 g/mol. The molecule has 0 aliphatic carbocycles. The lowest BCUT2D eigenvalue weighted by atomic mass is 10.2. The van der Waals surface area contributed by atoms with Crippen LogP contribution in [0.15, 0.2) is 24.3 Å². The maximum Gasteiger partial charge on any atom is 0.302 e. The number of hydrogen-bond donors (Lipinski definition) is 2. The SMILES string of the molecule is CC(=O)OCC1NC(=O)C(Cl)C1Oc1ccc(O)cc1. The molecule has 0 spiro atoms. The van der Waals surface area contributed by atoms with Crippen LogP contribution in [0.1, 0.15) is 6.92 Å². The second-order valence-corrected chi connectivity index (χ2v) is 4.87. The zero-order chi connectivity index (χ0) is 14.7. The second kappa shape index (κ2) is 6.00. The minimum Gasteiger partial charge on any atom is -0.508 e. The maximum atomic E-state index is 11.6. The number of esters is 1. The molecule has 1 aliphatic rings. The maximum absolute atomic E-state index is 11.6. The lowest BCUT2D eigenvalue weighted by molar-refractivity contribution is -0.142. The highest BCUT2D eigenvalue weighted by Crippen LogP contribution is 2.24. The molecule has 1 fully saturated rings. The Morgan fingerprint density at radius 3 is 2.65 bits per heavy atom. The van der Waals surface area contributed by atoms with Crippen LogP contribution >= 0.6 is 11.6 Å². The van der Waals surface area contributed by atoms with Crippen molar-refractivity contribution >= 4 is 23.5 Å². The number of hydrogen-bond acceptors (Lipinski definition) is 5. The van der Waals surface area contributed by atoms with E-state index in [0.29, 0.717) is 5.75 Å². The Bertz CT molecular complexity index is 504. The van der Waals surface area contributed by atoms with Crippen LogP contribution in [-0.2, 0) is 14.3 Å². The summed E-state index contributed by atoms with van der Waals surface area (Å²) in [5.41, 5.74) is 0. The molecular weight excluding hydrogens is 286 g/mol. The first-order valence-corrected chi connectivity index (χ1v) is 6.44. The number of benzene rings is 1. The molecule has 2 rings (SSSR count). The number of carbonyl (C=O) groups is 2. The van der Waals surface area contributed by atoms with Gasteiger partial charge in [0, 0.05) is 6.92 Å². The molecule has 1 saturated heterocycles. The van der Waals surface area contributed by atoms with Gasteiger partial charge < -0.3 is 19.9 Å². The van der Waals surface area contributed by atoms with Crippen LogP contribution in [0.25, 0.3) is 0 Å². The third kappa shape index (κ3) is 3.33. The molecule has 1 aromatic rings. The lowest BCUT2D eigenvalue weighted by Crippen LogP contribution is -2.40. The average Bonchev–Trinajstić information content (AvgIpc) is 2.67. The third-order valence-corrected chi connectivity index (χ3v) is 3.28. The normalized spacial score (nSPS) is 25.1. The molecular formula is C13H14ClNO5. The van der Waals surface area contributed by atoms with Crippen LogP contribution in [0.4, 0.5) is 0 Å². The Balaban J connectivity index is 2.06. The Hall–Kier alpha value is -1.95. The van der Waals surface area contributed by atoms with Crippen LogP contribution in [0, 0.1) is 0 Å². The standard InChI is InChI=1S/C13H14ClNO5/c1-7(16)19-6-10-12(11(14)13(18)15-10)20-9-4-2-8(17)3-5-9/h2-5,10-12,17H,6H2,1H3,(H,15,18). The summed E-state index contributed by atoms with van der Waals surface area (Å²) < 4.78 is 10.5. The lowest BCUT2D eigenvalue weighted by Gasteiger charge is -2.21. The van der Waals surface area contributed by atoms with Gasteiger partial charge in [0.1, 0.15) is 30.3 Å². The molecule has 0 aromatic heterocycles. The van der Waals surface area contributed by atoms with Crippen molar-refractivity contribution in [2.24, 2.45) is 0 Å². The first kappa shape index (κ1) is 14.5. The third-order valence-electron chi connectivity index (χ3n) is 2.84. The van der Waals surface area contributed by atoms with Crippen molar-refractivity contribution in [3.05, 3.63) is 24.3 Å². The van der Waals surface area contributed by atoms with Gasteiger partial charge in [0.05, 0.1) is 0 Å². The molecule has 1 heterocycles. The predicted molar refractivity (Wildman–Crippen MR) is 70.7 cm³/mol. The van der Waals surface area contributed by atoms with Crippen LogP contribution in [-0.4, -0.2) is 41.1 Å². The van der Waals surface area contributed by atoms with Gasteiger partial charge in [-0.1, -0.05) is 0 Å². The molecule has 0 radical (unpaired) electrons. The zero-order valence-corrected chi connectivity index (χ0v) is 11.5. The molecule has 0 bridgehead atoms. The first-order valence-electron chi connectivity index (χ1n) is 6.01. The summed E-state index contributed by atoms with van der Waals surface area (Å²) in [5.74, 6) is -0.243. The van der Waals surface area contributed by atoms with Crippen LogP contribution in [0.3, 0.4) is 0 Å². The number of ether oxygens (including phenoxy) is 2. The van der Waals surface area contributed by atoms with E-state index in [1.165, 1.54) is 19.1 Å². The Morgan fingerprint density at radius 1 is 1.40 bits per heavy atom. The van der Waals surface area contributed by atoms with E-state index >= 15 is 0 Å². The van der Waals surface area contributed by atoms with E-state index in [0.717, 1.165) is 0 Å². The molecule has 3 atom stereocenters. The van der Waals surface area contributed by atoms with Crippen molar-refractivity contribution in [3.8, 4) is 11.5 Å². The van der Waals surface area contributed by atoms with Gasteiger partial charge in [-0.15, -0.1) is 11.6 Å². The Morgan fingerprint density at radius 2 is 2.05 bits per heavy atom. The molecule has 1 amide bonds. The number of halogens is 1. The van der Waals surface area contributed by atoms with Gasteiger partial charge in [-0.2, -0.15) is 0 Å². The molecule has 20 heavy (non-hydrogen) atoms. The summed E-state index contributed by atoms with van der Waals surface area (Å²) in [5, 5.41) is 11.0. The number of carbonyl (C=O) groups excluding carboxylic acids is 2. The highest BCUT2D eigenvalue weighted by molar-refractivity contribution is 6.32. The van der Waals surface area contributed by atoms with E-state index in [1.54, 1.807) is 12.1 Å². The number of phenols is 1. The largest absolute Gasteiger partial charge is 0.508 e. The van der Waals surface area contributed by atoms with Crippen LogP contribution in [0.2, 0.25) is 0 Å². The van der Waals surface area contributed by atoms with Crippen LogP contribution in [0.5, 0.6) is 11.5 Å². The number of aromatic hydroxyl groups is 1. The molecule has 2 N–H and O–H groups in total. The van der Waals surface area contributed by atoms with E-state index < -0.39 is 23.5 Å². The summed E-state index contributed by atoms with van der Waals surface area (Å²) in [6, 6.07) is 5.53. The summed E-state index contributed by atoms with van der Waals surface area (Å²) in [6.07, 6.45) is -0.659. The van der Waals surface area contributed by atoms with Gasteiger partial charge in [-0.25, -0.2) is 0 Å². The topological polar surface area (TPSA) is 84.9 Å². The van der Waals surface area contributed by atoms with Crippen molar-refractivity contribution in [2.75, 3.05) is 6.61 Å². The predicted octanol–water partition coefficient (Wildman–Crippen LogP) is 0.808. The second-order valence-electron chi connectivity index (χ2n) is 4.40. The quantitative estimate of drug-likeness (QED) is 0.635. The number of amides is 1. The molecule has 1 aliphatic heterocycles. The summed E-state index contributed by atoms with van der Waals surface area (Å²) in [7, 11) is 0. The van der Waals surface area contributed by atoms with Gasteiger partial charge in [0.15, 0.2) is 5.38 Å². The van der Waals surface area contributed by atoms with Crippen molar-refractivity contribution in [2.45, 2.75) is 24.4 Å². The van der Waals surface area contributed by atoms with E-state index in [4.69, 9.17) is 21.1 Å². The van der Waals surface area contributed by atoms with E-state index in [-0.39, 0.29) is 18.3 Å². The number of phenolic OH excluding ortho intramolecular Hbond substituents is 1. The van der Waals surface area contributed by atoms with E-state index in [9.17, 15) is 14.7 Å². The van der Waals surface area contributed by atoms with Gasteiger partial charge in [-0.05, 0) is 24.3 Å². The van der Waals surface area contributed by atoms with Crippen molar-refractivity contribution < 1.29 is 24.2 Å². The molecule has 108 valence electrons. The fraction of sp³-hybridized carbons (Fsp3) is 0.385. The fourth-order valence-electron chi connectivity index (χ4n) is 1.86. The Kier molecular flexibility index (Phi) is 4.34. The summed E-state index contributed by atoms with van der Waals surface area (Å²) in [4.78, 5) is 22.4. The minimum atomic E-state index is -0.871. The molecule has 7 heteroatoms. The van der Waals surface area contributed by atoms with Gasteiger partial charge in [0.25, 0.3) is 0 Å². The zero-order valence-electron chi connectivity index (χ0n) is 10.7. The Labute approximate surface area is 120 Å². The summed E-state index contributed by atoms with van der Waals surface area (Å²) in [6.45, 7) is 1.28. The van der Waals surface area contributed by atoms with E-state index in [2.05, 4.69) is 5.32 Å². The minimum absolute atomic E-state index is 0.00690. The van der Waals surface area contributed by atoms with Crippen molar-refractivity contribution in [1.82, 2.24) is 5.32 Å². The smallest absolute Gasteiger partial charge is 0.302 e. The molecule has 0 saturated carbocycles. The fourth-order valence-corrected chi connectivity index (χ4v) is 2.16. The van der Waals surface area contributed by atoms with Crippen LogP contribution < -0.4 is 10.1 Å². The number of alkyl halides is 1. The van der Waals surface area contributed by atoms with Gasteiger partial charge >= 0.3 is 5.97 Å². The van der Waals surface area contributed by atoms with Gasteiger partial charge in [-0.3, -0.25) is 9.59 Å². The average molecular weight is 300 g/mol. The molecule has 6 nitrogen and oxygen atoms in total. The highest BCUT2D eigenvalue weighted by atomic mass is 35.5. The summed E-state index contributed by atoms with van der Waals surface area (Å²) >= 11 is 5.99. The number of nitrogens with one attached hydrogen (secondary N) is 1. The highest BCUT2D eigenvalue weighted by Gasteiger charge is 2.43. The number of rotatable bonds is 4. The first-order chi connectivity index (χ1) is 9.47. The van der Waals surface area contributed by atoms with E-state index in [1.807, 2.05) is 0 Å². The van der Waals surface area contributed by atoms with Crippen molar-refractivity contribution in [1.29, 1.82) is 0 Å². The molecule has 1 aromatic carbocycles. The van der Waals surface area contributed by atoms with Gasteiger partial charge in [0.2, 0.25) is 5.91 Å². The van der Waals surface area contributed by atoms with Crippen molar-refractivity contribution in [3.63, 3.8) is 0 Å².